The fourth-order valence-corrected chi connectivity index (χ4v) is 8.33. The molecule has 0 bridgehead atoms. The number of nitrogens with zero attached hydrogens (tertiary/aromatic N) is 1. The molecule has 1 heterocycles. The van der Waals surface area contributed by atoms with E-state index in [1.807, 2.05) is 50.4 Å². The molecule has 0 spiro atoms. The number of carbonyl (C=O) groups is 5. The van der Waals surface area contributed by atoms with Crippen LogP contribution in [0.5, 0.6) is 11.5 Å². The molecule has 0 saturated carbocycles. The lowest BCUT2D eigenvalue weighted by atomic mass is 9.77. The number of aliphatic carboxylic acids is 1. The standard InChI is InChI=1S/C38H45N3O9S3/c1-5-7-18-38(19-8-6-2)36(47)41(25-12-10-9-11-13-25)28-20-31(51-3)29(21-30(28)52-37(38)48)50-22-32(43)40-33(24-14-16-26(42)17-15-24)34(44)39-27(35(45)46)23-53(4)49/h9-17,20-21,27,33,42H,5-8,18-19,22-23H2,1-4H3,(H,39,44)(H,40,43)(H,45,46)/t27-,33?,53-/m0/s1. The molecule has 1 aliphatic rings. The van der Waals surface area contributed by atoms with Crippen LogP contribution >= 0.6 is 23.5 Å². The van der Waals surface area contributed by atoms with Gasteiger partial charge in [-0.3, -0.25) is 24.1 Å². The van der Waals surface area contributed by atoms with Crippen LogP contribution in [0.1, 0.15) is 64.0 Å². The highest BCUT2D eigenvalue weighted by atomic mass is 32.2. The molecule has 0 saturated heterocycles. The van der Waals surface area contributed by atoms with Gasteiger partial charge in [0.2, 0.25) is 16.9 Å². The third kappa shape index (κ3) is 10.3. The lowest BCUT2D eigenvalue weighted by Gasteiger charge is -2.34. The van der Waals surface area contributed by atoms with Crippen molar-refractivity contribution in [3.63, 3.8) is 0 Å². The number of nitrogens with one attached hydrogen (secondary N) is 2. The van der Waals surface area contributed by atoms with Gasteiger partial charge in [-0.25, -0.2) is 4.79 Å². The van der Waals surface area contributed by atoms with Crippen molar-refractivity contribution < 1.29 is 43.5 Å². The molecule has 15 heteroatoms. The first-order chi connectivity index (χ1) is 25.3. The van der Waals surface area contributed by atoms with Gasteiger partial charge < -0.3 is 30.1 Å². The summed E-state index contributed by atoms with van der Waals surface area (Å²) in [5.41, 5.74) is 0.170. The van der Waals surface area contributed by atoms with Gasteiger partial charge in [-0.2, -0.15) is 0 Å². The fourth-order valence-electron chi connectivity index (χ4n) is 5.98. The Labute approximate surface area is 321 Å². The van der Waals surface area contributed by atoms with E-state index >= 15 is 0 Å². The minimum absolute atomic E-state index is 0.0861. The average Bonchev–Trinajstić information content (AvgIpc) is 3.22. The number of anilines is 2. The summed E-state index contributed by atoms with van der Waals surface area (Å²) in [7, 11) is 0. The van der Waals surface area contributed by atoms with Crippen LogP contribution in [0.3, 0.4) is 0 Å². The molecule has 0 aliphatic carbocycles. The summed E-state index contributed by atoms with van der Waals surface area (Å²) in [5.74, 6) is -3.41. The number of hydrogen-bond acceptors (Lipinski definition) is 10. The van der Waals surface area contributed by atoms with Crippen molar-refractivity contribution in [1.82, 2.24) is 10.6 Å². The Morgan fingerprint density at radius 3 is 2.21 bits per heavy atom. The molecule has 4 N–H and O–H groups in total. The minimum atomic E-state index is -1.54. The molecule has 284 valence electrons. The number of fused-ring (bicyclic) bond motifs is 1. The van der Waals surface area contributed by atoms with Crippen LogP contribution in [0, 0.1) is 5.41 Å². The molecule has 3 amide bonds. The second kappa shape index (κ2) is 19.2. The van der Waals surface area contributed by atoms with Gasteiger partial charge in [0, 0.05) is 10.6 Å². The summed E-state index contributed by atoms with van der Waals surface area (Å²) >= 11 is 0.787. The maximum atomic E-state index is 14.7. The summed E-state index contributed by atoms with van der Waals surface area (Å²) in [4.78, 5) is 70.2. The van der Waals surface area contributed by atoms with Crippen molar-refractivity contribution in [2.45, 2.75) is 74.2 Å². The van der Waals surface area contributed by atoms with Crippen LogP contribution in [0.2, 0.25) is 0 Å². The molecule has 3 aromatic carbocycles. The summed E-state index contributed by atoms with van der Waals surface area (Å²) in [6, 6.07) is 15.2. The summed E-state index contributed by atoms with van der Waals surface area (Å²) < 4.78 is 17.8. The molecule has 4 rings (SSSR count). The number of rotatable bonds is 18. The molecule has 0 radical (unpaired) electrons. The van der Waals surface area contributed by atoms with E-state index in [4.69, 9.17) is 4.74 Å². The Balaban J connectivity index is 1.67. The van der Waals surface area contributed by atoms with Crippen LogP contribution in [0.15, 0.2) is 76.5 Å². The van der Waals surface area contributed by atoms with Crippen molar-refractivity contribution in [2.24, 2.45) is 5.41 Å². The Morgan fingerprint density at radius 1 is 1.00 bits per heavy atom. The predicted octanol–water partition coefficient (Wildman–Crippen LogP) is 5.96. The number of para-hydroxylation sites is 1. The molecule has 1 unspecified atom stereocenters. The average molecular weight is 784 g/mol. The van der Waals surface area contributed by atoms with Crippen LogP contribution < -0.4 is 20.3 Å². The minimum Gasteiger partial charge on any atom is -0.616 e. The van der Waals surface area contributed by atoms with E-state index in [0.717, 1.165) is 24.6 Å². The number of carboxylic acid groups (broad SMARTS) is 1. The normalized spacial score (nSPS) is 15.5. The van der Waals surface area contributed by atoms with Gasteiger partial charge in [0.05, 0.1) is 16.8 Å². The van der Waals surface area contributed by atoms with Crippen LogP contribution in [0.25, 0.3) is 0 Å². The highest BCUT2D eigenvalue weighted by molar-refractivity contribution is 8.14. The lowest BCUT2D eigenvalue weighted by Crippen LogP contribution is -2.50. The predicted molar refractivity (Wildman–Crippen MR) is 207 cm³/mol. The van der Waals surface area contributed by atoms with E-state index in [9.17, 15) is 38.7 Å². The molecule has 1 aliphatic heterocycles. The number of ether oxygens (including phenoxy) is 1. The van der Waals surface area contributed by atoms with E-state index in [2.05, 4.69) is 10.6 Å². The second-order valence-corrected chi connectivity index (χ2v) is 16.0. The van der Waals surface area contributed by atoms with Crippen molar-refractivity contribution in [3.8, 4) is 11.5 Å². The number of benzene rings is 3. The highest BCUT2D eigenvalue weighted by Gasteiger charge is 2.50. The first-order valence-corrected chi connectivity index (χ1v) is 21.0. The van der Waals surface area contributed by atoms with Gasteiger partial charge >= 0.3 is 5.97 Å². The topological polar surface area (TPSA) is 185 Å². The van der Waals surface area contributed by atoms with Gasteiger partial charge in [0.25, 0.3) is 5.91 Å². The van der Waals surface area contributed by atoms with Crippen molar-refractivity contribution in [2.75, 3.05) is 29.8 Å². The zero-order chi connectivity index (χ0) is 38.7. The molecule has 53 heavy (non-hydrogen) atoms. The number of unbranched alkanes of at least 4 members (excludes halogenated alkanes) is 2. The fraction of sp³-hybridized carbons (Fsp3) is 0.395. The number of hydrogen-bond donors (Lipinski definition) is 4. The van der Waals surface area contributed by atoms with Crippen LogP contribution in [-0.2, 0) is 35.1 Å². The number of thioether (sulfide) groups is 2. The Bertz CT molecular complexity index is 1770. The number of phenolic OH excluding ortho intramolecular Hbond substituents is 1. The Hall–Kier alpha value is -4.18. The largest absolute Gasteiger partial charge is 0.616 e. The molecule has 12 nitrogen and oxygen atoms in total. The van der Waals surface area contributed by atoms with Gasteiger partial charge in [-0.1, -0.05) is 81.0 Å². The van der Waals surface area contributed by atoms with Crippen LogP contribution in [-0.4, -0.2) is 74.5 Å². The Morgan fingerprint density at radius 2 is 1.64 bits per heavy atom. The first-order valence-electron chi connectivity index (χ1n) is 17.2. The summed E-state index contributed by atoms with van der Waals surface area (Å²) in [5, 5.41) is 24.0. The molecule has 0 aromatic heterocycles. The lowest BCUT2D eigenvalue weighted by molar-refractivity contribution is -0.141. The Kier molecular flexibility index (Phi) is 15.1. The van der Waals surface area contributed by atoms with Crippen LogP contribution in [0.4, 0.5) is 11.4 Å². The van der Waals surface area contributed by atoms with E-state index in [1.54, 1.807) is 17.0 Å². The quantitative estimate of drug-likeness (QED) is 0.0678. The van der Waals surface area contributed by atoms with Gasteiger partial charge in [-0.05, 0) is 72.8 Å². The molecule has 3 aromatic rings. The van der Waals surface area contributed by atoms with Crippen molar-refractivity contribution in [1.29, 1.82) is 0 Å². The summed E-state index contributed by atoms with van der Waals surface area (Å²) in [6.07, 6.45) is 7.03. The summed E-state index contributed by atoms with van der Waals surface area (Å²) in [6.45, 7) is 3.50. The van der Waals surface area contributed by atoms with E-state index in [-0.39, 0.29) is 33.8 Å². The SMILES string of the molecule is CCCCC1(CCCC)C(=O)Sc2cc(OCC(=O)NC(C(=O)N[C@@H](C[S@+](C)[O-])C(=O)O)c3ccc(O)cc3)c(SC)cc2N(c2ccccc2)C1=O. The zero-order valence-corrected chi connectivity index (χ0v) is 32.5. The second-order valence-electron chi connectivity index (χ2n) is 12.6. The zero-order valence-electron chi connectivity index (χ0n) is 30.1. The molecule has 3 atom stereocenters. The van der Waals surface area contributed by atoms with E-state index < -0.39 is 53.1 Å². The number of phenols is 1. The smallest absolute Gasteiger partial charge is 0.331 e. The molecule has 0 fully saturated rings. The number of amides is 3. The number of carbonyl (C=O) groups excluding carboxylic acids is 4. The van der Waals surface area contributed by atoms with Gasteiger partial charge in [-0.15, -0.1) is 11.8 Å². The highest BCUT2D eigenvalue weighted by Crippen LogP contribution is 2.51. The number of carboxylic acids is 1. The van der Waals surface area contributed by atoms with Crippen molar-refractivity contribution >= 4 is 74.9 Å². The molecular weight excluding hydrogens is 739 g/mol. The molecular formula is C38H45N3O9S3. The van der Waals surface area contributed by atoms with E-state index in [0.29, 0.717) is 46.8 Å². The van der Waals surface area contributed by atoms with E-state index in [1.165, 1.54) is 42.3 Å². The maximum Gasteiger partial charge on any atom is 0.331 e. The van der Waals surface area contributed by atoms with Gasteiger partial charge in [0.1, 0.15) is 28.7 Å². The van der Waals surface area contributed by atoms with Crippen molar-refractivity contribution in [3.05, 3.63) is 72.3 Å². The maximum absolute atomic E-state index is 14.7. The third-order valence-corrected chi connectivity index (χ3v) is 11.5. The van der Waals surface area contributed by atoms with Gasteiger partial charge in [0.15, 0.2) is 12.6 Å². The monoisotopic (exact) mass is 783 g/mol. The first kappa shape index (κ1) is 41.6. The number of aromatic hydroxyl groups is 1. The third-order valence-electron chi connectivity index (χ3n) is 8.79.